The normalized spacial score (nSPS) is 11.0. The van der Waals surface area contributed by atoms with Crippen molar-refractivity contribution in [2.24, 2.45) is 0 Å². The van der Waals surface area contributed by atoms with Crippen molar-refractivity contribution in [3.63, 3.8) is 0 Å². The lowest BCUT2D eigenvalue weighted by Crippen LogP contribution is -2.33. The largest absolute Gasteiger partial charge is 0.481 e. The Hall–Kier alpha value is -1.95. The molecule has 0 fully saturated rings. The molecule has 2 aromatic carbocycles. The van der Waals surface area contributed by atoms with Gasteiger partial charge in [-0.15, -0.1) is 0 Å². The molecule has 0 saturated heterocycles. The molecule has 124 valence electrons. The SMILES string of the molecule is O=C(O)CCNCCNCCNCc1ccc2ccccc2c1. The molecular formula is C18H25N3O2. The van der Waals surface area contributed by atoms with Crippen LogP contribution in [0.2, 0.25) is 0 Å². The Morgan fingerprint density at radius 3 is 2.22 bits per heavy atom. The minimum Gasteiger partial charge on any atom is -0.481 e. The standard InChI is InChI=1S/C18H25N3O2/c22-18(23)7-8-19-9-10-20-11-12-21-14-15-5-6-16-3-1-2-4-17(16)13-15/h1-6,13,19-21H,7-12,14H2,(H,22,23). The highest BCUT2D eigenvalue weighted by Crippen LogP contribution is 2.15. The highest BCUT2D eigenvalue weighted by Gasteiger charge is 1.97. The topological polar surface area (TPSA) is 73.4 Å². The Labute approximate surface area is 137 Å². The van der Waals surface area contributed by atoms with Crippen molar-refractivity contribution in [3.05, 3.63) is 48.0 Å². The third-order valence-electron chi connectivity index (χ3n) is 3.62. The predicted octanol–water partition coefficient (Wildman–Crippen LogP) is 1.58. The van der Waals surface area contributed by atoms with Crippen LogP contribution in [0.25, 0.3) is 10.8 Å². The second-order valence-corrected chi connectivity index (χ2v) is 5.50. The molecule has 0 aliphatic heterocycles. The smallest absolute Gasteiger partial charge is 0.304 e. The summed E-state index contributed by atoms with van der Waals surface area (Å²) in [5.41, 5.74) is 1.29. The third kappa shape index (κ3) is 6.78. The van der Waals surface area contributed by atoms with E-state index in [0.29, 0.717) is 6.54 Å². The van der Waals surface area contributed by atoms with Gasteiger partial charge in [0, 0.05) is 39.3 Å². The van der Waals surface area contributed by atoms with E-state index in [9.17, 15) is 4.79 Å². The van der Waals surface area contributed by atoms with Gasteiger partial charge in [0.25, 0.3) is 0 Å². The highest BCUT2D eigenvalue weighted by molar-refractivity contribution is 5.82. The quantitative estimate of drug-likeness (QED) is 0.474. The Morgan fingerprint density at radius 2 is 1.48 bits per heavy atom. The third-order valence-corrected chi connectivity index (χ3v) is 3.62. The number of carbonyl (C=O) groups is 1. The van der Waals surface area contributed by atoms with Crippen LogP contribution in [0, 0.1) is 0 Å². The Bertz CT molecular complexity index is 616. The second kappa shape index (κ2) is 9.94. The molecule has 0 aliphatic rings. The Balaban J connectivity index is 1.52. The number of rotatable bonds is 11. The number of carboxylic acids is 1. The second-order valence-electron chi connectivity index (χ2n) is 5.50. The monoisotopic (exact) mass is 315 g/mol. The zero-order valence-corrected chi connectivity index (χ0v) is 13.3. The number of hydrogen-bond acceptors (Lipinski definition) is 4. The van der Waals surface area contributed by atoms with Gasteiger partial charge in [-0.1, -0.05) is 36.4 Å². The summed E-state index contributed by atoms with van der Waals surface area (Å²) in [4.78, 5) is 10.3. The molecule has 23 heavy (non-hydrogen) atoms. The fourth-order valence-electron chi connectivity index (χ4n) is 2.38. The van der Waals surface area contributed by atoms with Crippen LogP contribution in [0.5, 0.6) is 0 Å². The van der Waals surface area contributed by atoms with Crippen molar-refractivity contribution < 1.29 is 9.90 Å². The molecule has 5 nitrogen and oxygen atoms in total. The minimum absolute atomic E-state index is 0.174. The lowest BCUT2D eigenvalue weighted by Gasteiger charge is -2.08. The first-order valence-corrected chi connectivity index (χ1v) is 8.07. The molecule has 0 bridgehead atoms. The molecule has 4 N–H and O–H groups in total. The Kier molecular flexibility index (Phi) is 7.52. The van der Waals surface area contributed by atoms with E-state index in [1.807, 2.05) is 0 Å². The number of carboxylic acid groups (broad SMARTS) is 1. The maximum Gasteiger partial charge on any atom is 0.304 e. The van der Waals surface area contributed by atoms with Gasteiger partial charge in [-0.25, -0.2) is 0 Å². The number of aliphatic carboxylic acids is 1. The van der Waals surface area contributed by atoms with Crippen LogP contribution in [-0.4, -0.2) is 43.8 Å². The highest BCUT2D eigenvalue weighted by atomic mass is 16.4. The zero-order chi connectivity index (χ0) is 16.3. The first-order valence-electron chi connectivity index (χ1n) is 8.07. The first kappa shape index (κ1) is 17.4. The summed E-state index contributed by atoms with van der Waals surface area (Å²) < 4.78 is 0. The summed E-state index contributed by atoms with van der Waals surface area (Å²) in [5, 5.41) is 20.9. The van der Waals surface area contributed by atoms with E-state index >= 15 is 0 Å². The molecule has 2 aromatic rings. The van der Waals surface area contributed by atoms with E-state index in [1.54, 1.807) is 0 Å². The number of benzene rings is 2. The molecule has 5 heteroatoms. The molecule has 0 radical (unpaired) electrons. The molecular weight excluding hydrogens is 290 g/mol. The summed E-state index contributed by atoms with van der Waals surface area (Å²) in [6.07, 6.45) is 0.174. The van der Waals surface area contributed by atoms with Crippen LogP contribution in [-0.2, 0) is 11.3 Å². The first-order chi connectivity index (χ1) is 11.3. The molecule has 0 amide bonds. The number of hydrogen-bond donors (Lipinski definition) is 4. The van der Waals surface area contributed by atoms with Crippen LogP contribution < -0.4 is 16.0 Å². The van der Waals surface area contributed by atoms with Crippen LogP contribution in [0.3, 0.4) is 0 Å². The van der Waals surface area contributed by atoms with Gasteiger partial charge in [0.1, 0.15) is 0 Å². The predicted molar refractivity (Wildman–Crippen MR) is 93.6 cm³/mol. The lowest BCUT2D eigenvalue weighted by molar-refractivity contribution is -0.136. The molecule has 0 saturated carbocycles. The van der Waals surface area contributed by atoms with Gasteiger partial charge in [0.15, 0.2) is 0 Å². The number of nitrogens with one attached hydrogen (secondary N) is 3. The van der Waals surface area contributed by atoms with Gasteiger partial charge in [-0.3, -0.25) is 4.79 Å². The number of fused-ring (bicyclic) bond motifs is 1. The van der Waals surface area contributed by atoms with Gasteiger partial charge in [0.2, 0.25) is 0 Å². The van der Waals surface area contributed by atoms with Crippen LogP contribution in [0.15, 0.2) is 42.5 Å². The van der Waals surface area contributed by atoms with E-state index in [4.69, 9.17) is 5.11 Å². The maximum absolute atomic E-state index is 10.3. The Morgan fingerprint density at radius 1 is 0.826 bits per heavy atom. The van der Waals surface area contributed by atoms with Crippen LogP contribution in [0.4, 0.5) is 0 Å². The molecule has 0 atom stereocenters. The van der Waals surface area contributed by atoms with Crippen molar-refractivity contribution in [1.82, 2.24) is 16.0 Å². The minimum atomic E-state index is -0.761. The average Bonchev–Trinajstić information content (AvgIpc) is 2.56. The fraction of sp³-hybridized carbons (Fsp3) is 0.389. The van der Waals surface area contributed by atoms with Gasteiger partial charge < -0.3 is 21.1 Å². The molecule has 0 heterocycles. The summed E-state index contributed by atoms with van der Waals surface area (Å²) in [6, 6.07) is 14.9. The van der Waals surface area contributed by atoms with Crippen molar-refractivity contribution in [3.8, 4) is 0 Å². The van der Waals surface area contributed by atoms with Crippen molar-refractivity contribution in [2.45, 2.75) is 13.0 Å². The van der Waals surface area contributed by atoms with E-state index in [0.717, 1.165) is 32.7 Å². The molecule has 0 spiro atoms. The van der Waals surface area contributed by atoms with Gasteiger partial charge in [-0.05, 0) is 22.4 Å². The zero-order valence-electron chi connectivity index (χ0n) is 13.3. The summed E-state index contributed by atoms with van der Waals surface area (Å²) in [5.74, 6) is -0.761. The van der Waals surface area contributed by atoms with Crippen LogP contribution >= 0.6 is 0 Å². The lowest BCUT2D eigenvalue weighted by atomic mass is 10.1. The van der Waals surface area contributed by atoms with Crippen molar-refractivity contribution in [1.29, 1.82) is 0 Å². The van der Waals surface area contributed by atoms with E-state index in [1.165, 1.54) is 16.3 Å². The van der Waals surface area contributed by atoms with Gasteiger partial charge in [0.05, 0.1) is 6.42 Å². The molecule has 0 aliphatic carbocycles. The fourth-order valence-corrected chi connectivity index (χ4v) is 2.38. The van der Waals surface area contributed by atoms with E-state index in [-0.39, 0.29) is 6.42 Å². The molecule has 0 unspecified atom stereocenters. The van der Waals surface area contributed by atoms with Crippen LogP contribution in [0.1, 0.15) is 12.0 Å². The summed E-state index contributed by atoms with van der Waals surface area (Å²) in [7, 11) is 0. The van der Waals surface area contributed by atoms with Crippen molar-refractivity contribution in [2.75, 3.05) is 32.7 Å². The van der Waals surface area contributed by atoms with E-state index < -0.39 is 5.97 Å². The van der Waals surface area contributed by atoms with E-state index in [2.05, 4.69) is 58.4 Å². The van der Waals surface area contributed by atoms with Crippen molar-refractivity contribution >= 4 is 16.7 Å². The summed E-state index contributed by atoms with van der Waals surface area (Å²) >= 11 is 0. The van der Waals surface area contributed by atoms with Gasteiger partial charge in [-0.2, -0.15) is 0 Å². The summed E-state index contributed by atoms with van der Waals surface area (Å²) in [6.45, 7) is 4.83. The molecule has 0 aromatic heterocycles. The average molecular weight is 315 g/mol. The maximum atomic E-state index is 10.3. The van der Waals surface area contributed by atoms with Gasteiger partial charge >= 0.3 is 5.97 Å². The molecule has 2 rings (SSSR count).